The summed E-state index contributed by atoms with van der Waals surface area (Å²) in [5.41, 5.74) is 1.51. The van der Waals surface area contributed by atoms with Crippen LogP contribution in [0.25, 0.3) is 0 Å². The van der Waals surface area contributed by atoms with Gasteiger partial charge in [-0.25, -0.2) is 8.42 Å². The quantitative estimate of drug-likeness (QED) is 0.580. The van der Waals surface area contributed by atoms with Crippen LogP contribution in [0.3, 0.4) is 0 Å². The van der Waals surface area contributed by atoms with E-state index in [1.54, 1.807) is 54.6 Å². The van der Waals surface area contributed by atoms with Gasteiger partial charge in [-0.15, -0.1) is 0 Å². The van der Waals surface area contributed by atoms with Gasteiger partial charge in [0.1, 0.15) is 11.5 Å². The second-order valence-corrected chi connectivity index (χ2v) is 9.00. The lowest BCUT2D eigenvalue weighted by atomic mass is 10.1. The highest BCUT2D eigenvalue weighted by atomic mass is 35.5. The van der Waals surface area contributed by atoms with E-state index in [4.69, 9.17) is 21.1 Å². The topological polar surface area (TPSA) is 93.7 Å². The SMILES string of the molecule is COc1ccccc1NS(=O)(=O)c1cccc(NC(=O)C2Cc3cc(Cl)ccc3O2)c1. The number of hydrogen-bond acceptors (Lipinski definition) is 5. The summed E-state index contributed by atoms with van der Waals surface area (Å²) in [5, 5.41) is 3.29. The highest BCUT2D eigenvalue weighted by Gasteiger charge is 2.29. The Bertz CT molecular complexity index is 1250. The predicted molar refractivity (Wildman–Crippen MR) is 118 cm³/mol. The molecule has 3 aromatic rings. The minimum absolute atomic E-state index is 0.00128. The maximum atomic E-state index is 12.8. The first kappa shape index (κ1) is 21.0. The fourth-order valence-corrected chi connectivity index (χ4v) is 4.57. The Morgan fingerprint density at radius 1 is 1.10 bits per heavy atom. The van der Waals surface area contributed by atoms with E-state index in [2.05, 4.69) is 10.0 Å². The molecule has 4 rings (SSSR count). The van der Waals surface area contributed by atoms with Gasteiger partial charge in [0.05, 0.1) is 17.7 Å². The van der Waals surface area contributed by atoms with Crippen LogP contribution in [0.15, 0.2) is 71.6 Å². The maximum Gasteiger partial charge on any atom is 0.265 e. The number of nitrogens with one attached hydrogen (secondary N) is 2. The van der Waals surface area contributed by atoms with Crippen LogP contribution in [0.4, 0.5) is 11.4 Å². The Balaban J connectivity index is 1.49. The highest BCUT2D eigenvalue weighted by Crippen LogP contribution is 2.32. The van der Waals surface area contributed by atoms with E-state index in [0.717, 1.165) is 5.56 Å². The lowest BCUT2D eigenvalue weighted by Gasteiger charge is -2.14. The van der Waals surface area contributed by atoms with E-state index in [1.807, 2.05) is 0 Å². The predicted octanol–water partition coefficient (Wildman–Crippen LogP) is 4.09. The molecule has 0 saturated heterocycles. The van der Waals surface area contributed by atoms with Crippen LogP contribution in [-0.4, -0.2) is 27.5 Å². The van der Waals surface area contributed by atoms with Crippen molar-refractivity contribution in [2.75, 3.05) is 17.1 Å². The van der Waals surface area contributed by atoms with Gasteiger partial charge in [0.2, 0.25) is 0 Å². The number of fused-ring (bicyclic) bond motifs is 1. The Kier molecular flexibility index (Phi) is 5.75. The number of benzene rings is 3. The Hall–Kier alpha value is -3.23. The summed E-state index contributed by atoms with van der Waals surface area (Å²) in [6.45, 7) is 0. The van der Waals surface area contributed by atoms with Crippen LogP contribution < -0.4 is 19.5 Å². The number of carbonyl (C=O) groups excluding carboxylic acids is 1. The Morgan fingerprint density at radius 3 is 2.71 bits per heavy atom. The molecule has 1 aliphatic rings. The zero-order valence-electron chi connectivity index (χ0n) is 16.5. The van der Waals surface area contributed by atoms with Crippen LogP contribution >= 0.6 is 11.6 Å². The van der Waals surface area contributed by atoms with Crippen molar-refractivity contribution in [3.8, 4) is 11.5 Å². The second-order valence-electron chi connectivity index (χ2n) is 6.89. The molecule has 9 heteroatoms. The molecule has 0 aromatic heterocycles. The molecule has 0 radical (unpaired) electrons. The van der Waals surface area contributed by atoms with Gasteiger partial charge in [-0.1, -0.05) is 29.8 Å². The molecule has 31 heavy (non-hydrogen) atoms. The normalized spacial score (nSPS) is 15.0. The molecule has 1 unspecified atom stereocenters. The number of hydrogen-bond donors (Lipinski definition) is 2. The Morgan fingerprint density at radius 2 is 1.90 bits per heavy atom. The summed E-state index contributed by atoms with van der Waals surface area (Å²) in [7, 11) is -2.44. The molecule has 0 fully saturated rings. The number of amides is 1. The van der Waals surface area contributed by atoms with Crippen molar-refractivity contribution in [2.45, 2.75) is 17.4 Å². The van der Waals surface area contributed by atoms with Crippen molar-refractivity contribution in [2.24, 2.45) is 0 Å². The zero-order chi connectivity index (χ0) is 22.0. The van der Waals surface area contributed by atoms with Crippen LogP contribution in [-0.2, 0) is 21.2 Å². The van der Waals surface area contributed by atoms with Crippen LogP contribution in [0.5, 0.6) is 11.5 Å². The lowest BCUT2D eigenvalue weighted by molar-refractivity contribution is -0.122. The molecule has 1 amide bonds. The van der Waals surface area contributed by atoms with Crippen LogP contribution in [0, 0.1) is 0 Å². The van der Waals surface area contributed by atoms with E-state index >= 15 is 0 Å². The third kappa shape index (κ3) is 4.60. The fraction of sp³-hybridized carbons (Fsp3) is 0.136. The van der Waals surface area contributed by atoms with Gasteiger partial charge >= 0.3 is 0 Å². The number of para-hydroxylation sites is 2. The molecule has 2 N–H and O–H groups in total. The van der Waals surface area contributed by atoms with Gasteiger partial charge in [0.25, 0.3) is 15.9 Å². The lowest BCUT2D eigenvalue weighted by Crippen LogP contribution is -2.31. The van der Waals surface area contributed by atoms with Gasteiger partial charge < -0.3 is 14.8 Å². The first-order valence-electron chi connectivity index (χ1n) is 9.37. The average molecular weight is 459 g/mol. The first-order valence-corrected chi connectivity index (χ1v) is 11.2. The molecule has 0 saturated carbocycles. The number of anilines is 2. The van der Waals surface area contributed by atoms with E-state index in [1.165, 1.54) is 19.2 Å². The molecule has 0 spiro atoms. The standard InChI is InChI=1S/C22H19ClN2O5S/c1-29-20-8-3-2-7-18(20)25-31(27,28)17-6-4-5-16(13-17)24-22(26)21-12-14-11-15(23)9-10-19(14)30-21/h2-11,13,21,25H,12H2,1H3,(H,24,26). The number of sulfonamides is 1. The number of ether oxygens (including phenoxy) is 2. The Labute approximate surface area is 185 Å². The molecule has 1 atom stereocenters. The highest BCUT2D eigenvalue weighted by molar-refractivity contribution is 7.92. The monoisotopic (exact) mass is 458 g/mol. The zero-order valence-corrected chi connectivity index (χ0v) is 18.0. The van der Waals surface area contributed by atoms with Crippen molar-refractivity contribution < 1.29 is 22.7 Å². The number of methoxy groups -OCH3 is 1. The van der Waals surface area contributed by atoms with E-state index in [9.17, 15) is 13.2 Å². The summed E-state index contributed by atoms with van der Waals surface area (Å²) >= 11 is 5.99. The maximum absolute atomic E-state index is 12.8. The van der Waals surface area contributed by atoms with Crippen molar-refractivity contribution in [3.05, 3.63) is 77.3 Å². The van der Waals surface area contributed by atoms with Gasteiger partial charge in [-0.2, -0.15) is 0 Å². The van der Waals surface area contributed by atoms with Crippen molar-refractivity contribution >= 4 is 38.9 Å². The molecule has 160 valence electrons. The van der Waals surface area contributed by atoms with E-state index in [0.29, 0.717) is 34.3 Å². The van der Waals surface area contributed by atoms with E-state index < -0.39 is 16.1 Å². The summed E-state index contributed by atoms with van der Waals surface area (Å²) in [4.78, 5) is 12.7. The summed E-state index contributed by atoms with van der Waals surface area (Å²) in [6.07, 6.45) is -0.338. The largest absolute Gasteiger partial charge is 0.495 e. The van der Waals surface area contributed by atoms with Crippen molar-refractivity contribution in [1.82, 2.24) is 0 Å². The van der Waals surface area contributed by atoms with Crippen LogP contribution in [0.2, 0.25) is 5.02 Å². The summed E-state index contributed by atoms with van der Waals surface area (Å²) in [5.74, 6) is 0.634. The van der Waals surface area contributed by atoms with Gasteiger partial charge in [-0.05, 0) is 54.1 Å². The minimum atomic E-state index is -3.90. The molecular formula is C22H19ClN2O5S. The average Bonchev–Trinajstić information content (AvgIpc) is 3.17. The van der Waals surface area contributed by atoms with Crippen molar-refractivity contribution in [1.29, 1.82) is 0 Å². The molecule has 1 aliphatic heterocycles. The smallest absolute Gasteiger partial charge is 0.265 e. The molecule has 1 heterocycles. The minimum Gasteiger partial charge on any atom is -0.495 e. The first-order chi connectivity index (χ1) is 14.9. The molecule has 7 nitrogen and oxygen atoms in total. The number of rotatable bonds is 6. The molecule has 3 aromatic carbocycles. The third-order valence-corrected chi connectivity index (χ3v) is 6.35. The van der Waals surface area contributed by atoms with Crippen LogP contribution in [0.1, 0.15) is 5.56 Å². The molecular weight excluding hydrogens is 440 g/mol. The van der Waals surface area contributed by atoms with Crippen molar-refractivity contribution in [3.63, 3.8) is 0 Å². The van der Waals surface area contributed by atoms with Gasteiger partial charge in [0.15, 0.2) is 6.10 Å². The van der Waals surface area contributed by atoms with E-state index in [-0.39, 0.29) is 10.8 Å². The molecule has 0 bridgehead atoms. The number of halogens is 1. The third-order valence-electron chi connectivity index (χ3n) is 4.75. The number of carbonyl (C=O) groups is 1. The summed E-state index contributed by atoms with van der Waals surface area (Å²) < 4.78 is 39.0. The fourth-order valence-electron chi connectivity index (χ4n) is 3.26. The molecule has 0 aliphatic carbocycles. The van der Waals surface area contributed by atoms with Gasteiger partial charge in [-0.3, -0.25) is 9.52 Å². The van der Waals surface area contributed by atoms with Gasteiger partial charge in [0, 0.05) is 17.1 Å². The summed E-state index contributed by atoms with van der Waals surface area (Å²) in [6, 6.07) is 17.9. The second kappa shape index (κ2) is 8.49.